The number of carbonyl (C=O) groups is 3. The van der Waals surface area contributed by atoms with Gasteiger partial charge in [-0.1, -0.05) is 84.9 Å². The van der Waals surface area contributed by atoms with Gasteiger partial charge in [0.25, 0.3) is 0 Å². The zero-order chi connectivity index (χ0) is 34.4. The van der Waals surface area contributed by atoms with Crippen molar-refractivity contribution < 1.29 is 23.9 Å². The number of aromatic amines is 1. The second-order valence-corrected chi connectivity index (χ2v) is 12.1. The summed E-state index contributed by atoms with van der Waals surface area (Å²) in [7, 11) is 0. The number of carbonyl (C=O) groups excluding carboxylic acids is 3. The number of hydrogen-bond acceptors (Lipinski definition) is 6. The van der Waals surface area contributed by atoms with Gasteiger partial charge in [-0.15, -0.1) is 0 Å². The summed E-state index contributed by atoms with van der Waals surface area (Å²) in [6.07, 6.45) is 2.45. The molecule has 1 heterocycles. The molecule has 0 spiro atoms. The number of rotatable bonds is 15. The van der Waals surface area contributed by atoms with E-state index in [0.717, 1.165) is 21.2 Å². The minimum absolute atomic E-state index is 0.0376. The molecule has 2 N–H and O–H groups in total. The molecule has 4 aromatic carbocycles. The lowest BCUT2D eigenvalue weighted by atomic mass is 10.1. The fraction of sp³-hybridized carbons (Fsp3) is 0.211. The van der Waals surface area contributed by atoms with Gasteiger partial charge in [0, 0.05) is 35.9 Å². The van der Waals surface area contributed by atoms with Crippen LogP contribution in [0.15, 0.2) is 126 Å². The summed E-state index contributed by atoms with van der Waals surface area (Å²) in [4.78, 5) is 51.4. The van der Waals surface area contributed by atoms with Gasteiger partial charge in [0.05, 0.1) is 12.0 Å². The second kappa shape index (κ2) is 17.7. The van der Waals surface area contributed by atoms with Crippen LogP contribution in [0.25, 0.3) is 0 Å². The van der Waals surface area contributed by atoms with Crippen LogP contribution >= 0.6 is 15.9 Å². The highest BCUT2D eigenvalue weighted by molar-refractivity contribution is 9.10. The number of alkyl carbamates (subject to hydrolysis) is 1. The van der Waals surface area contributed by atoms with Crippen LogP contribution in [0.1, 0.15) is 29.3 Å². The maximum atomic E-state index is 14.4. The summed E-state index contributed by atoms with van der Waals surface area (Å²) in [5, 5.41) is 2.74. The minimum Gasteiger partial charge on any atom is -0.489 e. The molecule has 252 valence electrons. The first-order valence-electron chi connectivity index (χ1n) is 15.9. The smallest absolute Gasteiger partial charge is 0.408 e. The average Bonchev–Trinajstić information content (AvgIpc) is 3.65. The van der Waals surface area contributed by atoms with Gasteiger partial charge in [-0.2, -0.15) is 0 Å². The number of H-pyrrole nitrogens is 1. The predicted molar refractivity (Wildman–Crippen MR) is 191 cm³/mol. The molecule has 1 atom stereocenters. The summed E-state index contributed by atoms with van der Waals surface area (Å²) in [5.41, 5.74) is 3.97. The van der Waals surface area contributed by atoms with Gasteiger partial charge in [0.2, 0.25) is 11.8 Å². The van der Waals surface area contributed by atoms with E-state index in [0.29, 0.717) is 30.3 Å². The SMILES string of the molecule is CCN(C(=O)CN(Cc1ccc(OCc2ccccc2)cc1)C(=O)C(Cc1cnc[nH]1)NC(=O)OCc1ccccc1)c1ccccc1Br. The Morgan fingerprint density at radius 2 is 1.49 bits per heavy atom. The molecule has 0 aliphatic rings. The molecule has 3 amide bonds. The number of ether oxygens (including phenoxy) is 2. The number of imidazole rings is 1. The summed E-state index contributed by atoms with van der Waals surface area (Å²) < 4.78 is 12.2. The molecule has 49 heavy (non-hydrogen) atoms. The first-order chi connectivity index (χ1) is 23.9. The van der Waals surface area contributed by atoms with E-state index >= 15 is 0 Å². The van der Waals surface area contributed by atoms with Gasteiger partial charge in [-0.05, 0) is 63.8 Å². The van der Waals surface area contributed by atoms with Gasteiger partial charge in [-0.25, -0.2) is 9.78 Å². The Morgan fingerprint density at radius 1 is 0.837 bits per heavy atom. The lowest BCUT2D eigenvalue weighted by molar-refractivity contribution is -0.137. The number of amides is 3. The third-order valence-corrected chi connectivity index (χ3v) is 8.40. The van der Waals surface area contributed by atoms with Crippen molar-refractivity contribution in [1.29, 1.82) is 0 Å². The largest absolute Gasteiger partial charge is 0.489 e. The van der Waals surface area contributed by atoms with E-state index in [1.807, 2.05) is 116 Å². The van der Waals surface area contributed by atoms with Crippen LogP contribution in [0.2, 0.25) is 0 Å². The van der Waals surface area contributed by atoms with Crippen LogP contribution in [0.5, 0.6) is 5.75 Å². The van der Waals surface area contributed by atoms with Crippen LogP contribution in [-0.4, -0.2) is 51.9 Å². The molecule has 0 bridgehead atoms. The van der Waals surface area contributed by atoms with Crippen molar-refractivity contribution in [1.82, 2.24) is 20.2 Å². The third-order valence-electron chi connectivity index (χ3n) is 7.73. The Bertz CT molecular complexity index is 1790. The number of anilines is 1. The van der Waals surface area contributed by atoms with E-state index in [-0.39, 0.29) is 32.0 Å². The number of halogens is 1. The number of likely N-dealkylation sites (N-methyl/N-ethyl adjacent to an activating group) is 1. The van der Waals surface area contributed by atoms with E-state index in [9.17, 15) is 14.4 Å². The molecule has 0 aliphatic carbocycles. The van der Waals surface area contributed by atoms with E-state index in [2.05, 4.69) is 31.2 Å². The van der Waals surface area contributed by atoms with Crippen LogP contribution in [-0.2, 0) is 40.5 Å². The van der Waals surface area contributed by atoms with Gasteiger partial charge >= 0.3 is 6.09 Å². The molecule has 0 aliphatic heterocycles. The summed E-state index contributed by atoms with van der Waals surface area (Å²) in [5.74, 6) is -0.0581. The molecule has 0 saturated carbocycles. The first-order valence-corrected chi connectivity index (χ1v) is 16.7. The monoisotopic (exact) mass is 723 g/mol. The number of nitrogens with one attached hydrogen (secondary N) is 2. The maximum absolute atomic E-state index is 14.4. The number of aromatic nitrogens is 2. The molecule has 0 saturated heterocycles. The van der Waals surface area contributed by atoms with Crippen molar-refractivity contribution in [3.63, 3.8) is 0 Å². The van der Waals surface area contributed by atoms with E-state index in [1.165, 1.54) is 11.2 Å². The predicted octanol–water partition coefficient (Wildman–Crippen LogP) is 6.67. The highest BCUT2D eigenvalue weighted by atomic mass is 79.9. The minimum atomic E-state index is -1.05. The molecule has 5 rings (SSSR count). The molecular weight excluding hydrogens is 686 g/mol. The molecule has 1 unspecified atom stereocenters. The molecule has 10 nitrogen and oxygen atoms in total. The highest BCUT2D eigenvalue weighted by Gasteiger charge is 2.30. The van der Waals surface area contributed by atoms with E-state index in [1.54, 1.807) is 11.1 Å². The first kappa shape index (κ1) is 34.9. The normalized spacial score (nSPS) is 11.3. The van der Waals surface area contributed by atoms with Crippen LogP contribution in [0.3, 0.4) is 0 Å². The number of nitrogens with zero attached hydrogens (tertiary/aromatic N) is 3. The van der Waals surface area contributed by atoms with Crippen molar-refractivity contribution in [3.8, 4) is 5.75 Å². The Morgan fingerprint density at radius 3 is 2.12 bits per heavy atom. The average molecular weight is 725 g/mol. The third kappa shape index (κ3) is 10.3. The maximum Gasteiger partial charge on any atom is 0.408 e. The Labute approximate surface area is 294 Å². The van der Waals surface area contributed by atoms with Crippen molar-refractivity contribution in [2.75, 3.05) is 18.0 Å². The molecule has 1 aromatic heterocycles. The Hall–Kier alpha value is -5.42. The van der Waals surface area contributed by atoms with Crippen LogP contribution in [0.4, 0.5) is 10.5 Å². The van der Waals surface area contributed by atoms with Crippen molar-refractivity contribution in [3.05, 3.63) is 149 Å². The van der Waals surface area contributed by atoms with Gasteiger partial charge in [0.1, 0.15) is 31.5 Å². The molecular formula is C38H38BrN5O5. The van der Waals surface area contributed by atoms with Crippen molar-refractivity contribution in [2.24, 2.45) is 0 Å². The fourth-order valence-corrected chi connectivity index (χ4v) is 5.71. The molecule has 0 fully saturated rings. The van der Waals surface area contributed by atoms with Gasteiger partial charge < -0.3 is 29.6 Å². The number of hydrogen-bond donors (Lipinski definition) is 2. The summed E-state index contributed by atoms with van der Waals surface area (Å²) >= 11 is 3.55. The van der Waals surface area contributed by atoms with Crippen molar-refractivity contribution >= 4 is 39.5 Å². The van der Waals surface area contributed by atoms with Crippen molar-refractivity contribution in [2.45, 2.75) is 39.1 Å². The number of para-hydroxylation sites is 1. The van der Waals surface area contributed by atoms with Crippen LogP contribution < -0.4 is 15.0 Å². The molecule has 5 aromatic rings. The zero-order valence-corrected chi connectivity index (χ0v) is 28.7. The lowest BCUT2D eigenvalue weighted by Gasteiger charge is -2.30. The fourth-order valence-electron chi connectivity index (χ4n) is 5.21. The highest BCUT2D eigenvalue weighted by Crippen LogP contribution is 2.26. The van der Waals surface area contributed by atoms with Crippen LogP contribution in [0, 0.1) is 0 Å². The van der Waals surface area contributed by atoms with E-state index in [4.69, 9.17) is 9.47 Å². The summed E-state index contributed by atoms with van der Waals surface area (Å²) in [6, 6.07) is 32.9. The number of benzene rings is 4. The molecule has 0 radical (unpaired) electrons. The Balaban J connectivity index is 1.36. The zero-order valence-electron chi connectivity index (χ0n) is 27.1. The van der Waals surface area contributed by atoms with Gasteiger partial charge in [-0.3, -0.25) is 9.59 Å². The standard InChI is InChI=1S/C38H38BrN5O5/c1-2-44(35-16-10-9-15-33(35)39)36(45)24-43(23-28-17-19-32(20-18-28)48-25-29-11-5-3-6-12-29)37(46)34(21-31-22-40-27-41-31)42-38(47)49-26-30-13-7-4-8-14-30/h3-20,22,27,34H,2,21,23-26H2,1H3,(H,40,41)(H,42,47). The Kier molecular flexibility index (Phi) is 12.6. The quantitative estimate of drug-likeness (QED) is 0.125. The second-order valence-electron chi connectivity index (χ2n) is 11.2. The summed E-state index contributed by atoms with van der Waals surface area (Å²) in [6.45, 7) is 2.60. The van der Waals surface area contributed by atoms with E-state index < -0.39 is 18.0 Å². The molecule has 11 heteroatoms. The van der Waals surface area contributed by atoms with Gasteiger partial charge in [0.15, 0.2) is 0 Å². The topological polar surface area (TPSA) is 117 Å². The lowest BCUT2D eigenvalue weighted by Crippen LogP contribution is -2.52.